The van der Waals surface area contributed by atoms with Gasteiger partial charge < -0.3 is 10.3 Å². The molecule has 2 aromatic carbocycles. The molecule has 0 spiro atoms. The van der Waals surface area contributed by atoms with Gasteiger partial charge in [0, 0.05) is 5.56 Å². The minimum absolute atomic E-state index is 0.257. The lowest BCUT2D eigenvalue weighted by molar-refractivity contribution is 0.0950. The third kappa shape index (κ3) is 2.83. The van der Waals surface area contributed by atoms with Crippen LogP contribution in [-0.4, -0.2) is 15.9 Å². The summed E-state index contributed by atoms with van der Waals surface area (Å²) in [6, 6.07) is 9.50. The predicted octanol–water partition coefficient (Wildman–Crippen LogP) is 3.25. The van der Waals surface area contributed by atoms with E-state index in [1.165, 1.54) is 35.4 Å². The summed E-state index contributed by atoms with van der Waals surface area (Å²) in [5, 5.41) is 2.77. The van der Waals surface area contributed by atoms with Crippen LogP contribution in [0.15, 0.2) is 36.4 Å². The number of hydrogen-bond donors (Lipinski definition) is 2. The van der Waals surface area contributed by atoms with E-state index in [2.05, 4.69) is 15.3 Å². The van der Waals surface area contributed by atoms with E-state index in [-0.39, 0.29) is 11.7 Å². The van der Waals surface area contributed by atoms with Gasteiger partial charge in [-0.1, -0.05) is 0 Å². The van der Waals surface area contributed by atoms with Gasteiger partial charge in [0.1, 0.15) is 11.6 Å². The number of benzene rings is 2. The number of H-pyrrole nitrogens is 1. The third-order valence-corrected chi connectivity index (χ3v) is 3.67. The van der Waals surface area contributed by atoms with Gasteiger partial charge in [0.15, 0.2) is 0 Å². The van der Waals surface area contributed by atoms with Crippen molar-refractivity contribution in [1.82, 2.24) is 15.3 Å². The van der Waals surface area contributed by atoms with Gasteiger partial charge in [0.05, 0.1) is 17.6 Å². The summed E-state index contributed by atoms with van der Waals surface area (Å²) in [7, 11) is 0. The summed E-state index contributed by atoms with van der Waals surface area (Å²) >= 11 is 0. The maximum atomic E-state index is 12.8. The van der Waals surface area contributed by atoms with Crippen molar-refractivity contribution in [1.29, 1.82) is 0 Å². The number of aryl methyl sites for hydroxylation is 2. The van der Waals surface area contributed by atoms with Gasteiger partial charge in [-0.3, -0.25) is 4.79 Å². The van der Waals surface area contributed by atoms with Crippen LogP contribution in [0.25, 0.3) is 11.0 Å². The second-order valence-electron chi connectivity index (χ2n) is 5.33. The molecule has 4 nitrogen and oxygen atoms in total. The van der Waals surface area contributed by atoms with E-state index < -0.39 is 0 Å². The molecule has 112 valence electrons. The van der Waals surface area contributed by atoms with Gasteiger partial charge in [-0.2, -0.15) is 0 Å². The Hall–Kier alpha value is -2.69. The van der Waals surface area contributed by atoms with Crippen molar-refractivity contribution in [2.45, 2.75) is 20.4 Å². The van der Waals surface area contributed by atoms with Gasteiger partial charge in [-0.05, 0) is 61.4 Å². The summed E-state index contributed by atoms with van der Waals surface area (Å²) in [6.07, 6.45) is 0. The number of aromatic amines is 1. The Kier molecular flexibility index (Phi) is 3.63. The summed E-state index contributed by atoms with van der Waals surface area (Å²) in [6.45, 7) is 4.38. The molecule has 0 aliphatic carbocycles. The highest BCUT2D eigenvalue weighted by molar-refractivity contribution is 5.94. The van der Waals surface area contributed by atoms with Crippen molar-refractivity contribution in [3.63, 3.8) is 0 Å². The van der Waals surface area contributed by atoms with Crippen molar-refractivity contribution >= 4 is 16.9 Å². The van der Waals surface area contributed by atoms with Crippen LogP contribution in [0.4, 0.5) is 4.39 Å². The fourth-order valence-corrected chi connectivity index (χ4v) is 2.27. The summed E-state index contributed by atoms with van der Waals surface area (Å²) < 4.78 is 12.8. The quantitative estimate of drug-likeness (QED) is 0.779. The van der Waals surface area contributed by atoms with Crippen LogP contribution >= 0.6 is 0 Å². The van der Waals surface area contributed by atoms with Crippen LogP contribution in [0.1, 0.15) is 27.3 Å². The fraction of sp³-hybridized carbons (Fsp3) is 0.176. The van der Waals surface area contributed by atoms with Crippen LogP contribution in [0, 0.1) is 19.7 Å². The Morgan fingerprint density at radius 1 is 1.18 bits per heavy atom. The van der Waals surface area contributed by atoms with Crippen molar-refractivity contribution in [3.05, 3.63) is 64.7 Å². The van der Waals surface area contributed by atoms with E-state index in [0.717, 1.165) is 11.0 Å². The average Bonchev–Trinajstić information content (AvgIpc) is 2.88. The molecule has 0 saturated carbocycles. The predicted molar refractivity (Wildman–Crippen MR) is 83.1 cm³/mol. The van der Waals surface area contributed by atoms with Crippen LogP contribution < -0.4 is 5.32 Å². The number of fused-ring (bicyclic) bond motifs is 1. The zero-order chi connectivity index (χ0) is 15.7. The molecule has 1 aromatic heterocycles. The first-order chi connectivity index (χ1) is 10.5. The van der Waals surface area contributed by atoms with Gasteiger partial charge in [0.2, 0.25) is 0 Å². The van der Waals surface area contributed by atoms with Crippen molar-refractivity contribution in [2.75, 3.05) is 0 Å². The van der Waals surface area contributed by atoms with Gasteiger partial charge in [-0.15, -0.1) is 0 Å². The van der Waals surface area contributed by atoms with Crippen LogP contribution in [0.5, 0.6) is 0 Å². The van der Waals surface area contributed by atoms with E-state index in [1.807, 2.05) is 26.0 Å². The lowest BCUT2D eigenvalue weighted by Gasteiger charge is -2.02. The average molecular weight is 297 g/mol. The molecule has 0 bridgehead atoms. The molecule has 1 heterocycles. The maximum absolute atomic E-state index is 12.8. The molecule has 0 saturated heterocycles. The largest absolute Gasteiger partial charge is 0.345 e. The van der Waals surface area contributed by atoms with E-state index in [1.54, 1.807) is 0 Å². The van der Waals surface area contributed by atoms with Gasteiger partial charge in [0.25, 0.3) is 5.91 Å². The molecule has 2 N–H and O–H groups in total. The lowest BCUT2D eigenvalue weighted by atomic mass is 10.1. The van der Waals surface area contributed by atoms with Crippen LogP contribution in [0.2, 0.25) is 0 Å². The summed E-state index contributed by atoms with van der Waals surface area (Å²) in [5.41, 5.74) is 4.63. The van der Waals surface area contributed by atoms with Crippen molar-refractivity contribution in [2.24, 2.45) is 0 Å². The highest BCUT2D eigenvalue weighted by Crippen LogP contribution is 2.17. The summed E-state index contributed by atoms with van der Waals surface area (Å²) in [4.78, 5) is 19.6. The first kappa shape index (κ1) is 14.3. The molecular formula is C17H16FN3O. The molecule has 0 atom stereocenters. The molecule has 5 heteroatoms. The van der Waals surface area contributed by atoms with Crippen LogP contribution in [0.3, 0.4) is 0 Å². The number of aromatic nitrogens is 2. The Bertz CT molecular complexity index is 798. The number of amides is 1. The standard InChI is InChI=1S/C17H16FN3O/c1-10-7-14-15(8-11(10)2)21-16(20-14)9-19-17(22)12-3-5-13(18)6-4-12/h3-8H,9H2,1-2H3,(H,19,22)(H,20,21). The van der Waals surface area contributed by atoms with E-state index in [9.17, 15) is 9.18 Å². The molecule has 3 rings (SSSR count). The van der Waals surface area contributed by atoms with Crippen LogP contribution in [-0.2, 0) is 6.54 Å². The topological polar surface area (TPSA) is 57.8 Å². The Balaban J connectivity index is 1.73. The fourth-order valence-electron chi connectivity index (χ4n) is 2.27. The Morgan fingerprint density at radius 2 is 1.86 bits per heavy atom. The first-order valence-corrected chi connectivity index (χ1v) is 7.02. The SMILES string of the molecule is Cc1cc2nc(CNC(=O)c3ccc(F)cc3)[nH]c2cc1C. The monoisotopic (exact) mass is 297 g/mol. The molecule has 0 aliphatic rings. The molecule has 0 fully saturated rings. The van der Waals surface area contributed by atoms with E-state index in [4.69, 9.17) is 0 Å². The third-order valence-electron chi connectivity index (χ3n) is 3.67. The maximum Gasteiger partial charge on any atom is 0.251 e. The molecule has 0 unspecified atom stereocenters. The number of rotatable bonds is 3. The number of nitrogens with one attached hydrogen (secondary N) is 2. The number of imidazole rings is 1. The molecule has 3 aromatic rings. The minimum atomic E-state index is -0.362. The zero-order valence-electron chi connectivity index (χ0n) is 12.4. The summed E-state index contributed by atoms with van der Waals surface area (Å²) in [5.74, 6) is 0.0721. The molecular weight excluding hydrogens is 281 g/mol. The van der Waals surface area contributed by atoms with E-state index in [0.29, 0.717) is 17.9 Å². The smallest absolute Gasteiger partial charge is 0.251 e. The number of nitrogens with zero attached hydrogens (tertiary/aromatic N) is 1. The second-order valence-corrected chi connectivity index (χ2v) is 5.33. The second kappa shape index (κ2) is 5.60. The lowest BCUT2D eigenvalue weighted by Crippen LogP contribution is -2.23. The van der Waals surface area contributed by atoms with Gasteiger partial charge >= 0.3 is 0 Å². The number of halogens is 1. The van der Waals surface area contributed by atoms with Crippen molar-refractivity contribution < 1.29 is 9.18 Å². The molecule has 0 aliphatic heterocycles. The Morgan fingerprint density at radius 3 is 2.59 bits per heavy atom. The molecule has 22 heavy (non-hydrogen) atoms. The van der Waals surface area contributed by atoms with Gasteiger partial charge in [-0.25, -0.2) is 9.37 Å². The molecule has 0 radical (unpaired) electrons. The first-order valence-electron chi connectivity index (χ1n) is 7.02. The normalized spacial score (nSPS) is 10.9. The number of carbonyl (C=O) groups excluding carboxylic acids is 1. The van der Waals surface area contributed by atoms with Crippen molar-refractivity contribution in [3.8, 4) is 0 Å². The minimum Gasteiger partial charge on any atom is -0.345 e. The molecule has 1 amide bonds. The number of carbonyl (C=O) groups is 1. The van der Waals surface area contributed by atoms with E-state index >= 15 is 0 Å². The zero-order valence-corrected chi connectivity index (χ0v) is 12.4. The Labute approximate surface area is 127 Å². The highest BCUT2D eigenvalue weighted by Gasteiger charge is 2.08. The number of hydrogen-bond acceptors (Lipinski definition) is 2. The highest BCUT2D eigenvalue weighted by atomic mass is 19.1.